The molecule has 0 radical (unpaired) electrons. The van der Waals surface area contributed by atoms with Gasteiger partial charge in [-0.15, -0.1) is 0 Å². The largest absolute Gasteiger partial charge is 0.392 e. The number of nitrogens with one attached hydrogen (secondary N) is 1. The summed E-state index contributed by atoms with van der Waals surface area (Å²) in [6.07, 6.45) is 0. The van der Waals surface area contributed by atoms with Gasteiger partial charge in [-0.3, -0.25) is 4.72 Å². The number of hydrogen-bond donors (Lipinski definition) is 2. The molecule has 0 aliphatic carbocycles. The highest BCUT2D eigenvalue weighted by Gasteiger charge is 2.14. The van der Waals surface area contributed by atoms with Gasteiger partial charge in [-0.2, -0.15) is 0 Å². The van der Waals surface area contributed by atoms with Crippen LogP contribution in [0.3, 0.4) is 0 Å². The molecule has 112 valence electrons. The van der Waals surface area contributed by atoms with Gasteiger partial charge in [0.2, 0.25) is 0 Å². The molecule has 2 aromatic carbocycles. The van der Waals surface area contributed by atoms with Crippen molar-refractivity contribution in [3.8, 4) is 0 Å². The third-order valence-corrected chi connectivity index (χ3v) is 4.62. The van der Waals surface area contributed by atoms with E-state index >= 15 is 0 Å². The molecule has 0 amide bonds. The van der Waals surface area contributed by atoms with E-state index < -0.39 is 10.0 Å². The highest BCUT2D eigenvalue weighted by molar-refractivity contribution is 7.92. The molecule has 0 bridgehead atoms. The summed E-state index contributed by atoms with van der Waals surface area (Å²) in [7, 11) is -3.61. The van der Waals surface area contributed by atoms with E-state index in [4.69, 9.17) is 5.11 Å². The van der Waals surface area contributed by atoms with Gasteiger partial charge in [-0.05, 0) is 41.3 Å². The molecule has 0 saturated carbocycles. The monoisotopic (exact) mass is 305 g/mol. The molecule has 0 aromatic heterocycles. The summed E-state index contributed by atoms with van der Waals surface area (Å²) in [5.74, 6) is 0.332. The molecule has 0 unspecified atom stereocenters. The van der Waals surface area contributed by atoms with Crippen LogP contribution in [0.1, 0.15) is 30.9 Å². The van der Waals surface area contributed by atoms with Gasteiger partial charge in [-0.25, -0.2) is 8.42 Å². The van der Waals surface area contributed by atoms with Crippen molar-refractivity contribution in [2.24, 2.45) is 0 Å². The van der Waals surface area contributed by atoms with Crippen LogP contribution in [0.5, 0.6) is 0 Å². The van der Waals surface area contributed by atoms with Crippen LogP contribution in [0.4, 0.5) is 5.69 Å². The first kappa shape index (κ1) is 15.5. The summed E-state index contributed by atoms with van der Waals surface area (Å²) in [5, 5.41) is 8.98. The lowest BCUT2D eigenvalue weighted by Crippen LogP contribution is -2.13. The molecule has 2 aromatic rings. The molecule has 4 nitrogen and oxygen atoms in total. The van der Waals surface area contributed by atoms with Crippen molar-refractivity contribution in [1.82, 2.24) is 0 Å². The van der Waals surface area contributed by atoms with E-state index in [0.717, 1.165) is 5.56 Å². The second kappa shape index (κ2) is 6.28. The Hall–Kier alpha value is -1.85. The molecular weight excluding hydrogens is 286 g/mol. The molecule has 21 heavy (non-hydrogen) atoms. The van der Waals surface area contributed by atoms with Gasteiger partial charge in [0.25, 0.3) is 10.0 Å². The lowest BCUT2D eigenvalue weighted by atomic mass is 10.0. The number of aliphatic hydroxyl groups is 1. The molecule has 0 aliphatic heterocycles. The fraction of sp³-hybridized carbons (Fsp3) is 0.250. The molecular formula is C16H19NO3S. The van der Waals surface area contributed by atoms with Crippen molar-refractivity contribution in [1.29, 1.82) is 0 Å². The normalized spacial score (nSPS) is 11.6. The van der Waals surface area contributed by atoms with Crippen LogP contribution >= 0.6 is 0 Å². The number of rotatable bonds is 5. The molecule has 0 fully saturated rings. The van der Waals surface area contributed by atoms with Crippen LogP contribution in [-0.2, 0) is 16.6 Å². The summed E-state index contributed by atoms with van der Waals surface area (Å²) in [5.41, 5.74) is 2.30. The Morgan fingerprint density at radius 3 is 2.33 bits per heavy atom. The number of sulfonamides is 1. The Labute approximate surface area is 125 Å². The van der Waals surface area contributed by atoms with Crippen LogP contribution in [-0.4, -0.2) is 13.5 Å². The zero-order valence-electron chi connectivity index (χ0n) is 12.1. The molecule has 0 atom stereocenters. The maximum atomic E-state index is 12.3. The Morgan fingerprint density at radius 1 is 1.10 bits per heavy atom. The van der Waals surface area contributed by atoms with Gasteiger partial charge in [0.1, 0.15) is 0 Å². The van der Waals surface area contributed by atoms with Gasteiger partial charge in [0, 0.05) is 5.69 Å². The molecule has 5 heteroatoms. The van der Waals surface area contributed by atoms with E-state index in [-0.39, 0.29) is 11.5 Å². The van der Waals surface area contributed by atoms with E-state index in [0.29, 0.717) is 17.2 Å². The third kappa shape index (κ3) is 3.83. The smallest absolute Gasteiger partial charge is 0.261 e. The molecule has 0 heterocycles. The predicted octanol–water partition coefficient (Wildman–Crippen LogP) is 3.10. The van der Waals surface area contributed by atoms with Crippen molar-refractivity contribution < 1.29 is 13.5 Å². The van der Waals surface area contributed by atoms with E-state index in [1.165, 1.54) is 12.1 Å². The zero-order valence-corrected chi connectivity index (χ0v) is 12.9. The Morgan fingerprint density at radius 2 is 1.76 bits per heavy atom. The average molecular weight is 305 g/mol. The lowest BCUT2D eigenvalue weighted by Gasteiger charge is -2.11. The summed E-state index contributed by atoms with van der Waals surface area (Å²) < 4.78 is 27.2. The van der Waals surface area contributed by atoms with E-state index in [1.54, 1.807) is 18.2 Å². The van der Waals surface area contributed by atoms with E-state index in [1.807, 2.05) is 18.2 Å². The fourth-order valence-electron chi connectivity index (χ4n) is 1.95. The highest BCUT2D eigenvalue weighted by Crippen LogP contribution is 2.21. The Bertz CT molecular complexity index is 707. The standard InChI is InChI=1S/C16H19NO3S/c1-12(2)14-4-3-5-15(10-14)17-21(19,20)16-8-6-13(11-18)7-9-16/h3-10,12,17-18H,11H2,1-2H3. The van der Waals surface area contributed by atoms with Crippen molar-refractivity contribution >= 4 is 15.7 Å². The first-order chi connectivity index (χ1) is 9.92. The van der Waals surface area contributed by atoms with Crippen LogP contribution in [0, 0.1) is 0 Å². The number of benzene rings is 2. The van der Waals surface area contributed by atoms with Gasteiger partial charge < -0.3 is 5.11 Å². The second-order valence-corrected chi connectivity index (χ2v) is 6.87. The number of hydrogen-bond acceptors (Lipinski definition) is 3. The van der Waals surface area contributed by atoms with Gasteiger partial charge in [0.05, 0.1) is 11.5 Å². The Kier molecular flexibility index (Phi) is 4.65. The van der Waals surface area contributed by atoms with Gasteiger partial charge in [-0.1, -0.05) is 38.1 Å². The van der Waals surface area contributed by atoms with Crippen molar-refractivity contribution in [3.05, 3.63) is 59.7 Å². The van der Waals surface area contributed by atoms with Crippen molar-refractivity contribution in [3.63, 3.8) is 0 Å². The highest BCUT2D eigenvalue weighted by atomic mass is 32.2. The maximum Gasteiger partial charge on any atom is 0.261 e. The second-order valence-electron chi connectivity index (χ2n) is 5.19. The molecule has 0 aliphatic rings. The van der Waals surface area contributed by atoms with Crippen molar-refractivity contribution in [2.75, 3.05) is 4.72 Å². The maximum absolute atomic E-state index is 12.3. The van der Waals surface area contributed by atoms with Crippen LogP contribution in [0.2, 0.25) is 0 Å². The third-order valence-electron chi connectivity index (χ3n) is 3.22. The molecule has 2 rings (SSSR count). The topological polar surface area (TPSA) is 66.4 Å². The SMILES string of the molecule is CC(C)c1cccc(NS(=O)(=O)c2ccc(CO)cc2)c1. The van der Waals surface area contributed by atoms with E-state index in [2.05, 4.69) is 18.6 Å². The molecule has 2 N–H and O–H groups in total. The first-order valence-electron chi connectivity index (χ1n) is 6.75. The predicted molar refractivity (Wildman–Crippen MR) is 83.7 cm³/mol. The number of anilines is 1. The van der Waals surface area contributed by atoms with E-state index in [9.17, 15) is 8.42 Å². The van der Waals surface area contributed by atoms with Crippen molar-refractivity contribution in [2.45, 2.75) is 31.3 Å². The fourth-order valence-corrected chi connectivity index (χ4v) is 3.00. The molecule has 0 spiro atoms. The summed E-state index contributed by atoms with van der Waals surface area (Å²) >= 11 is 0. The van der Waals surface area contributed by atoms with Crippen LogP contribution in [0.15, 0.2) is 53.4 Å². The minimum Gasteiger partial charge on any atom is -0.392 e. The van der Waals surface area contributed by atoms with Gasteiger partial charge in [0.15, 0.2) is 0 Å². The minimum absolute atomic E-state index is 0.107. The van der Waals surface area contributed by atoms with Crippen LogP contribution < -0.4 is 4.72 Å². The van der Waals surface area contributed by atoms with Crippen LogP contribution in [0.25, 0.3) is 0 Å². The summed E-state index contributed by atoms with van der Waals surface area (Å²) in [4.78, 5) is 0.176. The summed E-state index contributed by atoms with van der Waals surface area (Å²) in [6.45, 7) is 4.01. The molecule has 0 saturated heterocycles. The van der Waals surface area contributed by atoms with Gasteiger partial charge >= 0.3 is 0 Å². The quantitative estimate of drug-likeness (QED) is 0.892. The first-order valence-corrected chi connectivity index (χ1v) is 8.23. The number of aliphatic hydroxyl groups excluding tert-OH is 1. The summed E-state index contributed by atoms with van der Waals surface area (Å²) in [6, 6.07) is 13.5. The average Bonchev–Trinajstić information content (AvgIpc) is 2.47. The Balaban J connectivity index is 2.26. The minimum atomic E-state index is -3.61. The lowest BCUT2D eigenvalue weighted by molar-refractivity contribution is 0.282. The zero-order chi connectivity index (χ0) is 15.5.